The topological polar surface area (TPSA) is 52.1 Å². The molecular weight excluding hydrogens is 180 g/mol. The van der Waals surface area contributed by atoms with Crippen molar-refractivity contribution in [3.05, 3.63) is 17.6 Å². The maximum atomic E-state index is 10.9. The van der Waals surface area contributed by atoms with E-state index in [0.717, 1.165) is 5.69 Å². The van der Waals surface area contributed by atoms with E-state index in [-0.39, 0.29) is 11.6 Å². The summed E-state index contributed by atoms with van der Waals surface area (Å²) < 4.78 is 4.88. The van der Waals surface area contributed by atoms with Gasteiger partial charge in [-0.05, 0) is 6.92 Å². The lowest BCUT2D eigenvalue weighted by Gasteiger charge is -2.01. The van der Waals surface area contributed by atoms with Gasteiger partial charge >= 0.3 is 0 Å². The Morgan fingerprint density at radius 2 is 1.93 bits per heavy atom. The van der Waals surface area contributed by atoms with Crippen molar-refractivity contribution in [2.75, 3.05) is 7.11 Å². The van der Waals surface area contributed by atoms with E-state index in [4.69, 9.17) is 4.74 Å². The van der Waals surface area contributed by atoms with E-state index in [1.807, 2.05) is 13.8 Å². The number of hydrogen-bond acceptors (Lipinski definition) is 4. The van der Waals surface area contributed by atoms with E-state index in [9.17, 15) is 4.79 Å². The van der Waals surface area contributed by atoms with Crippen LogP contribution in [0.1, 0.15) is 37.1 Å². The third-order valence-electron chi connectivity index (χ3n) is 1.35. The minimum Gasteiger partial charge on any atom is -0.481 e. The van der Waals surface area contributed by atoms with E-state index in [1.165, 1.54) is 14.0 Å². The molecule has 0 saturated heterocycles. The van der Waals surface area contributed by atoms with Gasteiger partial charge in [-0.1, -0.05) is 13.8 Å². The first-order valence-electron chi connectivity index (χ1n) is 4.54. The summed E-state index contributed by atoms with van der Waals surface area (Å²) in [5.41, 5.74) is 0.729. The Bertz CT molecular complexity index is 311. The average Bonchev–Trinajstić information content (AvgIpc) is 2.20. The molecule has 0 N–H and O–H groups in total. The first kappa shape index (κ1) is 12.6. The fraction of sp³-hybridized carbons (Fsp3) is 0.500. The van der Waals surface area contributed by atoms with Gasteiger partial charge in [0.2, 0.25) is 5.88 Å². The second-order valence-electron chi connectivity index (χ2n) is 2.43. The number of carbonyl (C=O) groups excluding carboxylic acids is 1. The molecule has 0 aromatic carbocycles. The lowest BCUT2D eigenvalue weighted by molar-refractivity contribution is 0.100. The third-order valence-corrected chi connectivity index (χ3v) is 1.35. The molecule has 0 fully saturated rings. The zero-order chi connectivity index (χ0) is 11.1. The normalized spacial score (nSPS) is 8.64. The van der Waals surface area contributed by atoms with Gasteiger partial charge in [-0.25, -0.2) is 4.98 Å². The van der Waals surface area contributed by atoms with Crippen molar-refractivity contribution in [1.29, 1.82) is 0 Å². The van der Waals surface area contributed by atoms with Gasteiger partial charge < -0.3 is 4.74 Å². The second kappa shape index (κ2) is 6.07. The molecular formula is C10H16N2O2. The highest BCUT2D eigenvalue weighted by molar-refractivity contribution is 5.90. The Morgan fingerprint density at radius 3 is 2.36 bits per heavy atom. The van der Waals surface area contributed by atoms with Crippen LogP contribution >= 0.6 is 0 Å². The maximum absolute atomic E-state index is 10.9. The summed E-state index contributed by atoms with van der Waals surface area (Å²) in [7, 11) is 1.51. The molecule has 0 bridgehead atoms. The second-order valence-corrected chi connectivity index (χ2v) is 2.43. The molecule has 1 rings (SSSR count). The summed E-state index contributed by atoms with van der Waals surface area (Å²) in [6, 6.07) is 1.67. The summed E-state index contributed by atoms with van der Waals surface area (Å²) in [5, 5.41) is 0. The van der Waals surface area contributed by atoms with Gasteiger partial charge in [-0.3, -0.25) is 4.79 Å². The van der Waals surface area contributed by atoms with Crippen molar-refractivity contribution in [3.8, 4) is 5.88 Å². The van der Waals surface area contributed by atoms with Crippen LogP contribution in [0.25, 0.3) is 0 Å². The highest BCUT2D eigenvalue weighted by Gasteiger charge is 2.05. The minimum absolute atomic E-state index is 0.156. The van der Waals surface area contributed by atoms with E-state index < -0.39 is 0 Å². The average molecular weight is 196 g/mol. The maximum Gasteiger partial charge on any atom is 0.216 e. The molecule has 0 aliphatic heterocycles. The lowest BCUT2D eigenvalue weighted by atomic mass is 10.3. The number of hydrogen-bond donors (Lipinski definition) is 0. The fourth-order valence-corrected chi connectivity index (χ4v) is 0.802. The Labute approximate surface area is 84.3 Å². The van der Waals surface area contributed by atoms with Crippen LogP contribution in [0.3, 0.4) is 0 Å². The number of Topliss-reactive ketones (excluding diaryl/α,β-unsaturated/α-hetero) is 1. The molecule has 0 aliphatic rings. The number of ketones is 1. The smallest absolute Gasteiger partial charge is 0.216 e. The molecule has 0 amide bonds. The van der Waals surface area contributed by atoms with Crippen LogP contribution in [0.15, 0.2) is 6.07 Å². The Balaban J connectivity index is 0.000000791. The summed E-state index contributed by atoms with van der Waals surface area (Å²) in [5.74, 6) is 0.469. The van der Waals surface area contributed by atoms with Crippen molar-refractivity contribution in [1.82, 2.24) is 9.97 Å². The Morgan fingerprint density at radius 1 is 1.36 bits per heavy atom. The van der Waals surface area contributed by atoms with Gasteiger partial charge in [0, 0.05) is 18.7 Å². The molecule has 78 valence electrons. The van der Waals surface area contributed by atoms with Crippen LogP contribution in [0.4, 0.5) is 0 Å². The van der Waals surface area contributed by atoms with Crippen molar-refractivity contribution >= 4 is 5.78 Å². The number of rotatable bonds is 2. The molecule has 0 atom stereocenters. The van der Waals surface area contributed by atoms with Gasteiger partial charge in [-0.2, -0.15) is 4.98 Å². The van der Waals surface area contributed by atoms with Gasteiger partial charge in [0.15, 0.2) is 11.6 Å². The quantitative estimate of drug-likeness (QED) is 0.679. The third kappa shape index (κ3) is 3.51. The molecule has 1 aromatic heterocycles. The van der Waals surface area contributed by atoms with Gasteiger partial charge in [0.05, 0.1) is 7.11 Å². The van der Waals surface area contributed by atoms with Crippen LogP contribution in [-0.4, -0.2) is 22.9 Å². The van der Waals surface area contributed by atoms with E-state index in [2.05, 4.69) is 9.97 Å². The molecule has 0 aliphatic carbocycles. The van der Waals surface area contributed by atoms with Crippen LogP contribution in [-0.2, 0) is 0 Å². The number of methoxy groups -OCH3 is 1. The van der Waals surface area contributed by atoms with Crippen molar-refractivity contribution in [2.45, 2.75) is 27.7 Å². The number of nitrogens with zero attached hydrogens (tertiary/aromatic N) is 2. The SMILES string of the molecule is CC.COc1cc(C)nc(C(C)=O)n1. The van der Waals surface area contributed by atoms with Crippen LogP contribution in [0, 0.1) is 6.92 Å². The van der Waals surface area contributed by atoms with Gasteiger partial charge in [-0.15, -0.1) is 0 Å². The molecule has 1 aromatic rings. The van der Waals surface area contributed by atoms with Crippen LogP contribution < -0.4 is 4.74 Å². The molecule has 0 spiro atoms. The van der Waals surface area contributed by atoms with Crippen molar-refractivity contribution in [2.24, 2.45) is 0 Å². The minimum atomic E-state index is -0.156. The molecule has 4 heteroatoms. The van der Waals surface area contributed by atoms with Gasteiger partial charge in [0.1, 0.15) is 0 Å². The van der Waals surface area contributed by atoms with E-state index >= 15 is 0 Å². The summed E-state index contributed by atoms with van der Waals surface area (Å²) >= 11 is 0. The number of aryl methyl sites for hydroxylation is 1. The molecule has 0 unspecified atom stereocenters. The summed E-state index contributed by atoms with van der Waals surface area (Å²) in [6.45, 7) is 7.21. The zero-order valence-electron chi connectivity index (χ0n) is 9.29. The molecule has 14 heavy (non-hydrogen) atoms. The largest absolute Gasteiger partial charge is 0.481 e. The Hall–Kier alpha value is -1.45. The van der Waals surface area contributed by atoms with Gasteiger partial charge in [0.25, 0.3) is 0 Å². The summed E-state index contributed by atoms with van der Waals surface area (Å²) in [6.07, 6.45) is 0. The standard InChI is InChI=1S/C8H10N2O2.C2H6/c1-5-4-7(12-3)10-8(9-5)6(2)11;1-2/h4H,1-3H3;1-2H3. The fourth-order valence-electron chi connectivity index (χ4n) is 0.802. The lowest BCUT2D eigenvalue weighted by Crippen LogP contribution is -2.03. The van der Waals surface area contributed by atoms with Crippen molar-refractivity contribution < 1.29 is 9.53 Å². The van der Waals surface area contributed by atoms with E-state index in [1.54, 1.807) is 13.0 Å². The molecule has 0 saturated carbocycles. The highest BCUT2D eigenvalue weighted by Crippen LogP contribution is 2.07. The molecule has 1 heterocycles. The van der Waals surface area contributed by atoms with Crippen LogP contribution in [0.5, 0.6) is 5.88 Å². The number of ether oxygens (including phenoxy) is 1. The highest BCUT2D eigenvalue weighted by atomic mass is 16.5. The number of aromatic nitrogens is 2. The predicted molar refractivity (Wildman–Crippen MR) is 54.7 cm³/mol. The Kier molecular flexibility index (Phi) is 5.44. The van der Waals surface area contributed by atoms with Crippen LogP contribution in [0.2, 0.25) is 0 Å². The van der Waals surface area contributed by atoms with Crippen molar-refractivity contribution in [3.63, 3.8) is 0 Å². The molecule has 4 nitrogen and oxygen atoms in total. The number of carbonyl (C=O) groups is 1. The first-order valence-corrected chi connectivity index (χ1v) is 4.54. The van der Waals surface area contributed by atoms with E-state index in [0.29, 0.717) is 5.88 Å². The molecule has 0 radical (unpaired) electrons. The zero-order valence-corrected chi connectivity index (χ0v) is 9.29. The predicted octanol–water partition coefficient (Wildman–Crippen LogP) is 2.02. The summed E-state index contributed by atoms with van der Waals surface area (Å²) in [4.78, 5) is 18.7. The first-order chi connectivity index (χ1) is 6.63. The monoisotopic (exact) mass is 196 g/mol.